The number of ether oxygens (including phenoxy) is 3. The number of rotatable bonds is 5. The molecule has 2 aliphatic heterocycles. The number of fused-ring (bicyclic) bond motifs is 3. The Hall–Kier alpha value is -2.27. The van der Waals surface area contributed by atoms with E-state index in [1.165, 1.54) is 35.9 Å². The molecule has 1 aliphatic carbocycles. The van der Waals surface area contributed by atoms with Crippen molar-refractivity contribution >= 4 is 33.7 Å². The van der Waals surface area contributed by atoms with Crippen molar-refractivity contribution < 1.29 is 14.2 Å². The van der Waals surface area contributed by atoms with Crippen LogP contribution in [-0.2, 0) is 22.5 Å². The van der Waals surface area contributed by atoms with E-state index in [1.54, 1.807) is 11.3 Å². The fraction of sp³-hybridized carbons (Fsp3) is 0.625. The summed E-state index contributed by atoms with van der Waals surface area (Å²) >= 11 is 1.63. The molecule has 5 rings (SSSR count). The van der Waals surface area contributed by atoms with Gasteiger partial charge in [-0.05, 0) is 45.1 Å². The molecule has 2 aromatic rings. The van der Waals surface area contributed by atoms with Crippen LogP contribution < -0.4 is 21.1 Å². The standard InChI is InChI=1S/C20H27N5O2S.C4H9NO/c1-20(2)8-14-15(11-26-20)28-18-16(14)17(27-13-6-4-3-5-7-13)24-19(25-18)23-12(9-21)10-22;1-3-6-4-2-5-1/h9-10,13,21H,3-8,11,22H2,1-2H3,(H,23,24,25);5H,1-4H2/b12-10+,21-9?;. The third-order valence-corrected chi connectivity index (χ3v) is 7.26. The van der Waals surface area contributed by atoms with E-state index < -0.39 is 0 Å². The second-order valence-electron chi connectivity index (χ2n) is 9.39. The van der Waals surface area contributed by atoms with Gasteiger partial charge in [-0.2, -0.15) is 4.98 Å². The number of nitrogens with zero attached hydrogens (tertiary/aromatic N) is 2. The lowest BCUT2D eigenvalue weighted by Gasteiger charge is -2.30. The molecule has 9 nitrogen and oxygen atoms in total. The van der Waals surface area contributed by atoms with Crippen LogP contribution in [0.5, 0.6) is 5.88 Å². The molecule has 186 valence electrons. The Bertz CT molecular complexity index is 1000. The Kier molecular flexibility index (Phi) is 8.36. The minimum Gasteiger partial charge on any atom is -0.474 e. The van der Waals surface area contributed by atoms with Crippen molar-refractivity contribution in [3.05, 3.63) is 22.3 Å². The second-order valence-corrected chi connectivity index (χ2v) is 10.5. The molecule has 34 heavy (non-hydrogen) atoms. The van der Waals surface area contributed by atoms with Crippen LogP contribution in [0.25, 0.3) is 10.2 Å². The summed E-state index contributed by atoms with van der Waals surface area (Å²) in [4.78, 5) is 11.4. The molecule has 3 aliphatic rings. The highest BCUT2D eigenvalue weighted by Crippen LogP contribution is 2.42. The van der Waals surface area contributed by atoms with Crippen molar-refractivity contribution in [3.63, 3.8) is 0 Å². The van der Waals surface area contributed by atoms with Gasteiger partial charge in [0.15, 0.2) is 0 Å². The summed E-state index contributed by atoms with van der Waals surface area (Å²) < 4.78 is 17.4. The van der Waals surface area contributed by atoms with Gasteiger partial charge in [-0.15, -0.1) is 11.3 Å². The second kappa shape index (κ2) is 11.4. The Morgan fingerprint density at radius 2 is 2.00 bits per heavy atom. The number of anilines is 1. The highest BCUT2D eigenvalue weighted by Gasteiger charge is 2.32. The van der Waals surface area contributed by atoms with E-state index in [2.05, 4.69) is 34.4 Å². The number of nitrogens with one attached hydrogen (secondary N) is 3. The van der Waals surface area contributed by atoms with Crippen molar-refractivity contribution in [1.82, 2.24) is 15.3 Å². The molecule has 1 saturated carbocycles. The van der Waals surface area contributed by atoms with Crippen LogP contribution in [0.15, 0.2) is 11.9 Å². The Labute approximate surface area is 205 Å². The summed E-state index contributed by atoms with van der Waals surface area (Å²) in [6.45, 7) is 8.64. The van der Waals surface area contributed by atoms with E-state index in [-0.39, 0.29) is 11.7 Å². The number of thiophene rings is 1. The molecule has 2 aromatic heterocycles. The zero-order chi connectivity index (χ0) is 24.0. The topological polar surface area (TPSA) is 127 Å². The SMILES string of the molecule is C1COCCN1.CC1(C)Cc2c(sc3nc(N/C(C=N)=C/N)nc(OC4CCCCC4)c23)CO1. The lowest BCUT2D eigenvalue weighted by atomic mass is 9.94. The minimum atomic E-state index is -0.213. The summed E-state index contributed by atoms with van der Waals surface area (Å²) in [5.41, 5.74) is 7.04. The fourth-order valence-corrected chi connectivity index (χ4v) is 5.46. The van der Waals surface area contributed by atoms with Crippen LogP contribution in [0, 0.1) is 5.41 Å². The van der Waals surface area contributed by atoms with Crippen LogP contribution in [0.3, 0.4) is 0 Å². The van der Waals surface area contributed by atoms with E-state index in [4.69, 9.17) is 25.4 Å². The highest BCUT2D eigenvalue weighted by atomic mass is 32.1. The predicted octanol–water partition coefficient (Wildman–Crippen LogP) is 3.72. The summed E-state index contributed by atoms with van der Waals surface area (Å²) in [7, 11) is 0. The van der Waals surface area contributed by atoms with Crippen LogP contribution in [0.2, 0.25) is 0 Å². The fourth-order valence-electron chi connectivity index (χ4n) is 4.36. The smallest absolute Gasteiger partial charge is 0.232 e. The van der Waals surface area contributed by atoms with Crippen molar-refractivity contribution in [3.8, 4) is 5.88 Å². The number of hydrogen-bond acceptors (Lipinski definition) is 10. The van der Waals surface area contributed by atoms with E-state index >= 15 is 0 Å². The van der Waals surface area contributed by atoms with Gasteiger partial charge in [0.1, 0.15) is 10.9 Å². The lowest BCUT2D eigenvalue weighted by molar-refractivity contribution is -0.0379. The molecule has 1 saturated heterocycles. The maximum atomic E-state index is 7.44. The van der Waals surface area contributed by atoms with Crippen molar-refractivity contribution in [2.75, 3.05) is 31.6 Å². The average Bonchev–Trinajstić information content (AvgIpc) is 3.21. The molecule has 0 aromatic carbocycles. The first-order valence-electron chi connectivity index (χ1n) is 12.1. The maximum absolute atomic E-state index is 7.44. The first-order chi connectivity index (χ1) is 16.5. The van der Waals surface area contributed by atoms with Gasteiger partial charge in [0.05, 0.1) is 36.5 Å². The van der Waals surface area contributed by atoms with E-state index in [9.17, 15) is 0 Å². The molecule has 0 unspecified atom stereocenters. The van der Waals surface area contributed by atoms with Gasteiger partial charge in [0.25, 0.3) is 0 Å². The van der Waals surface area contributed by atoms with Crippen LogP contribution in [0.4, 0.5) is 5.95 Å². The van der Waals surface area contributed by atoms with E-state index in [1.807, 2.05) is 0 Å². The molecule has 5 N–H and O–H groups in total. The van der Waals surface area contributed by atoms with Gasteiger partial charge in [0.2, 0.25) is 11.8 Å². The molecule has 0 atom stereocenters. The molecule has 0 bridgehead atoms. The quantitative estimate of drug-likeness (QED) is 0.469. The minimum absolute atomic E-state index is 0.190. The monoisotopic (exact) mass is 488 g/mol. The summed E-state index contributed by atoms with van der Waals surface area (Å²) in [6, 6.07) is 0. The third kappa shape index (κ3) is 6.24. The van der Waals surface area contributed by atoms with Gasteiger partial charge < -0.3 is 36.0 Å². The van der Waals surface area contributed by atoms with Crippen molar-refractivity contribution in [1.29, 1.82) is 5.41 Å². The Balaban J connectivity index is 0.000000398. The number of morpholine rings is 1. The van der Waals surface area contributed by atoms with Crippen LogP contribution >= 0.6 is 11.3 Å². The van der Waals surface area contributed by atoms with Crippen LogP contribution in [-0.4, -0.2) is 54.2 Å². The van der Waals surface area contributed by atoms with E-state index in [0.29, 0.717) is 24.1 Å². The van der Waals surface area contributed by atoms with Gasteiger partial charge in [-0.25, -0.2) is 4.98 Å². The van der Waals surface area contributed by atoms with Crippen molar-refractivity contribution in [2.24, 2.45) is 5.73 Å². The molecule has 0 amide bonds. The normalized spacial score (nSPS) is 20.7. The molecule has 10 heteroatoms. The molecule has 4 heterocycles. The number of hydrogen-bond donors (Lipinski definition) is 4. The van der Waals surface area contributed by atoms with Crippen molar-refractivity contribution in [2.45, 2.75) is 70.7 Å². The number of nitrogens with two attached hydrogens (primary N) is 1. The predicted molar refractivity (Wildman–Crippen MR) is 136 cm³/mol. The largest absolute Gasteiger partial charge is 0.474 e. The summed E-state index contributed by atoms with van der Waals surface area (Å²) in [5.74, 6) is 1.04. The first-order valence-corrected chi connectivity index (χ1v) is 12.9. The van der Waals surface area contributed by atoms with Gasteiger partial charge in [-0.3, -0.25) is 0 Å². The van der Waals surface area contributed by atoms with Gasteiger partial charge in [0, 0.05) is 36.8 Å². The summed E-state index contributed by atoms with van der Waals surface area (Å²) in [5, 5.41) is 14.6. The molecule has 2 fully saturated rings. The van der Waals surface area contributed by atoms with Crippen LogP contribution in [0.1, 0.15) is 56.4 Å². The summed E-state index contributed by atoms with van der Waals surface area (Å²) in [6.07, 6.45) is 9.26. The molecular weight excluding hydrogens is 452 g/mol. The molecule has 0 spiro atoms. The number of aromatic nitrogens is 2. The van der Waals surface area contributed by atoms with E-state index in [0.717, 1.165) is 62.0 Å². The lowest BCUT2D eigenvalue weighted by Crippen LogP contribution is -2.31. The molecular formula is C24H36N6O3S. The first kappa shape index (κ1) is 24.8. The van der Waals surface area contributed by atoms with Gasteiger partial charge >= 0.3 is 0 Å². The maximum Gasteiger partial charge on any atom is 0.232 e. The third-order valence-electron chi connectivity index (χ3n) is 6.17. The average molecular weight is 489 g/mol. The number of allylic oxidation sites excluding steroid dienone is 1. The zero-order valence-corrected chi connectivity index (χ0v) is 20.9. The Morgan fingerprint density at radius 3 is 2.62 bits per heavy atom. The Morgan fingerprint density at radius 1 is 1.24 bits per heavy atom. The van der Waals surface area contributed by atoms with Gasteiger partial charge in [-0.1, -0.05) is 6.42 Å². The molecule has 0 radical (unpaired) electrons. The highest BCUT2D eigenvalue weighted by molar-refractivity contribution is 7.18. The zero-order valence-electron chi connectivity index (χ0n) is 20.1.